The molecule has 0 aromatic heterocycles. The lowest BCUT2D eigenvalue weighted by molar-refractivity contribution is 0.109. The van der Waals surface area contributed by atoms with E-state index in [1.54, 1.807) is 0 Å². The van der Waals surface area contributed by atoms with Gasteiger partial charge >= 0.3 is 0 Å². The molecular weight excluding hydrogens is 184 g/mol. The number of hydrogen-bond acceptors (Lipinski definition) is 2. The number of nitrogens with one attached hydrogen (secondary N) is 1. The molecular formula is C13H26N2. The van der Waals surface area contributed by atoms with Crippen LogP contribution in [0, 0.1) is 11.8 Å². The maximum Gasteiger partial charge on any atom is 0.0136 e. The van der Waals surface area contributed by atoms with Gasteiger partial charge in [-0.25, -0.2) is 0 Å². The van der Waals surface area contributed by atoms with Crippen molar-refractivity contribution < 1.29 is 0 Å². The summed E-state index contributed by atoms with van der Waals surface area (Å²) in [6.45, 7) is 9.79. The fraction of sp³-hybridized carbons (Fsp3) is 1.00. The van der Waals surface area contributed by atoms with Crippen LogP contribution in [0.1, 0.15) is 39.5 Å². The standard InChI is InChI=1S/C13H26N2/c1-11(2)9-12-10-14-6-8-15-7-4-3-5-13(12)15/h11-14H,3-10H2,1-2H3. The average molecular weight is 210 g/mol. The third-order valence-corrected chi connectivity index (χ3v) is 3.96. The van der Waals surface area contributed by atoms with Crippen molar-refractivity contribution in [3.8, 4) is 0 Å². The lowest BCUT2D eigenvalue weighted by atomic mass is 9.85. The van der Waals surface area contributed by atoms with Crippen molar-refractivity contribution in [2.45, 2.75) is 45.6 Å². The number of fused-ring (bicyclic) bond motifs is 1. The van der Waals surface area contributed by atoms with Crippen molar-refractivity contribution in [2.24, 2.45) is 11.8 Å². The first-order chi connectivity index (χ1) is 7.27. The van der Waals surface area contributed by atoms with E-state index in [2.05, 4.69) is 24.1 Å². The highest BCUT2D eigenvalue weighted by molar-refractivity contribution is 4.87. The van der Waals surface area contributed by atoms with Crippen molar-refractivity contribution in [2.75, 3.05) is 26.2 Å². The molecule has 0 aromatic rings. The Balaban J connectivity index is 1.99. The van der Waals surface area contributed by atoms with E-state index in [1.165, 1.54) is 51.9 Å². The zero-order valence-electron chi connectivity index (χ0n) is 10.3. The van der Waals surface area contributed by atoms with E-state index >= 15 is 0 Å². The highest BCUT2D eigenvalue weighted by Gasteiger charge is 2.31. The molecule has 0 amide bonds. The van der Waals surface area contributed by atoms with Crippen LogP contribution in [0.15, 0.2) is 0 Å². The van der Waals surface area contributed by atoms with Gasteiger partial charge in [-0.15, -0.1) is 0 Å². The van der Waals surface area contributed by atoms with Crippen molar-refractivity contribution >= 4 is 0 Å². The number of nitrogens with zero attached hydrogens (tertiary/aromatic N) is 1. The van der Waals surface area contributed by atoms with Gasteiger partial charge in [0.2, 0.25) is 0 Å². The molecule has 2 atom stereocenters. The third-order valence-electron chi connectivity index (χ3n) is 3.96. The molecule has 15 heavy (non-hydrogen) atoms. The van der Waals surface area contributed by atoms with Gasteiger partial charge in [0.25, 0.3) is 0 Å². The number of hydrogen-bond donors (Lipinski definition) is 1. The van der Waals surface area contributed by atoms with Crippen molar-refractivity contribution in [1.82, 2.24) is 10.2 Å². The third kappa shape index (κ3) is 2.94. The number of piperidine rings is 1. The molecule has 2 unspecified atom stereocenters. The Bertz CT molecular complexity index is 191. The maximum absolute atomic E-state index is 3.62. The van der Waals surface area contributed by atoms with E-state index in [0.717, 1.165) is 17.9 Å². The minimum atomic E-state index is 0.846. The smallest absolute Gasteiger partial charge is 0.0136 e. The Kier molecular flexibility index (Phi) is 4.04. The summed E-state index contributed by atoms with van der Waals surface area (Å²) in [4.78, 5) is 2.75. The summed E-state index contributed by atoms with van der Waals surface area (Å²) in [5, 5.41) is 3.62. The Morgan fingerprint density at radius 2 is 2.13 bits per heavy atom. The predicted molar refractivity (Wildman–Crippen MR) is 65.0 cm³/mol. The molecule has 0 aromatic carbocycles. The summed E-state index contributed by atoms with van der Waals surface area (Å²) in [7, 11) is 0. The first kappa shape index (κ1) is 11.4. The van der Waals surface area contributed by atoms with E-state index in [0.29, 0.717) is 0 Å². The molecule has 2 fully saturated rings. The van der Waals surface area contributed by atoms with Gasteiger partial charge in [0.1, 0.15) is 0 Å². The van der Waals surface area contributed by atoms with Crippen LogP contribution >= 0.6 is 0 Å². The minimum Gasteiger partial charge on any atom is -0.315 e. The van der Waals surface area contributed by atoms with Gasteiger partial charge in [0.15, 0.2) is 0 Å². The monoisotopic (exact) mass is 210 g/mol. The van der Waals surface area contributed by atoms with E-state index in [4.69, 9.17) is 0 Å². The molecule has 2 saturated heterocycles. The topological polar surface area (TPSA) is 15.3 Å². The molecule has 1 N–H and O–H groups in total. The van der Waals surface area contributed by atoms with Crippen LogP contribution in [-0.2, 0) is 0 Å². The molecule has 0 spiro atoms. The summed E-state index contributed by atoms with van der Waals surface area (Å²) in [6, 6.07) is 0.885. The first-order valence-electron chi connectivity index (χ1n) is 6.72. The van der Waals surface area contributed by atoms with E-state index in [9.17, 15) is 0 Å². The van der Waals surface area contributed by atoms with Crippen LogP contribution in [0.5, 0.6) is 0 Å². The SMILES string of the molecule is CC(C)CC1CNCCN2CCCCC12. The van der Waals surface area contributed by atoms with Crippen LogP contribution in [0.4, 0.5) is 0 Å². The fourth-order valence-corrected chi connectivity index (χ4v) is 3.32. The summed E-state index contributed by atoms with van der Waals surface area (Å²) >= 11 is 0. The molecule has 0 bridgehead atoms. The molecule has 2 rings (SSSR count). The Hall–Kier alpha value is -0.0800. The highest BCUT2D eigenvalue weighted by atomic mass is 15.2. The van der Waals surface area contributed by atoms with Gasteiger partial charge in [-0.2, -0.15) is 0 Å². The second-order valence-electron chi connectivity index (χ2n) is 5.69. The number of rotatable bonds is 2. The summed E-state index contributed by atoms with van der Waals surface area (Å²) in [5.41, 5.74) is 0. The lowest BCUT2D eigenvalue weighted by Crippen LogP contribution is -2.44. The molecule has 2 nitrogen and oxygen atoms in total. The normalized spacial score (nSPS) is 33.8. The van der Waals surface area contributed by atoms with Crippen LogP contribution in [0.25, 0.3) is 0 Å². The quantitative estimate of drug-likeness (QED) is 0.751. The van der Waals surface area contributed by atoms with Gasteiger partial charge in [0.05, 0.1) is 0 Å². The zero-order chi connectivity index (χ0) is 10.7. The second-order valence-corrected chi connectivity index (χ2v) is 5.69. The molecule has 2 heteroatoms. The molecule has 0 radical (unpaired) electrons. The van der Waals surface area contributed by atoms with Gasteiger partial charge < -0.3 is 5.32 Å². The zero-order valence-corrected chi connectivity index (χ0v) is 10.3. The largest absolute Gasteiger partial charge is 0.315 e. The summed E-state index contributed by atoms with van der Waals surface area (Å²) < 4.78 is 0. The van der Waals surface area contributed by atoms with Crippen molar-refractivity contribution in [3.05, 3.63) is 0 Å². The molecule has 2 aliphatic rings. The van der Waals surface area contributed by atoms with E-state index in [-0.39, 0.29) is 0 Å². The van der Waals surface area contributed by atoms with Crippen LogP contribution in [0.3, 0.4) is 0 Å². The average Bonchev–Trinajstić information content (AvgIpc) is 2.41. The summed E-state index contributed by atoms with van der Waals surface area (Å²) in [5.74, 6) is 1.74. The van der Waals surface area contributed by atoms with Crippen LogP contribution in [-0.4, -0.2) is 37.1 Å². The van der Waals surface area contributed by atoms with Gasteiger partial charge in [-0.1, -0.05) is 20.3 Å². The van der Waals surface area contributed by atoms with Crippen LogP contribution in [0.2, 0.25) is 0 Å². The predicted octanol–water partition coefficient (Wildman–Crippen LogP) is 2.11. The fourth-order valence-electron chi connectivity index (χ4n) is 3.32. The van der Waals surface area contributed by atoms with Gasteiger partial charge in [0, 0.05) is 19.1 Å². The molecule has 0 aliphatic carbocycles. The molecule has 2 aliphatic heterocycles. The van der Waals surface area contributed by atoms with Crippen LogP contribution < -0.4 is 5.32 Å². The van der Waals surface area contributed by atoms with Gasteiger partial charge in [-0.05, 0) is 44.2 Å². The van der Waals surface area contributed by atoms with Crippen molar-refractivity contribution in [3.63, 3.8) is 0 Å². The molecule has 2 heterocycles. The maximum atomic E-state index is 3.62. The first-order valence-corrected chi connectivity index (χ1v) is 6.72. The Labute approximate surface area is 94.4 Å². The summed E-state index contributed by atoms with van der Waals surface area (Å²) in [6.07, 6.45) is 5.72. The van der Waals surface area contributed by atoms with Crippen molar-refractivity contribution in [1.29, 1.82) is 0 Å². The second kappa shape index (κ2) is 5.31. The highest BCUT2D eigenvalue weighted by Crippen LogP contribution is 2.28. The molecule has 88 valence electrons. The van der Waals surface area contributed by atoms with Gasteiger partial charge in [-0.3, -0.25) is 4.90 Å². The lowest BCUT2D eigenvalue weighted by Gasteiger charge is -2.38. The van der Waals surface area contributed by atoms with E-state index < -0.39 is 0 Å². The minimum absolute atomic E-state index is 0.846. The van der Waals surface area contributed by atoms with E-state index in [1.807, 2.05) is 0 Å². The molecule has 0 saturated carbocycles. The Morgan fingerprint density at radius 3 is 2.93 bits per heavy atom. The Morgan fingerprint density at radius 1 is 1.27 bits per heavy atom.